The Kier molecular flexibility index (Phi) is 6.31. The van der Waals surface area contributed by atoms with Crippen molar-refractivity contribution in [1.29, 1.82) is 0 Å². The summed E-state index contributed by atoms with van der Waals surface area (Å²) in [6, 6.07) is 5.69. The van der Waals surface area contributed by atoms with E-state index in [1.165, 1.54) is 23.9 Å². The van der Waals surface area contributed by atoms with E-state index in [1.807, 2.05) is 6.92 Å². The third-order valence-electron chi connectivity index (χ3n) is 2.47. The molecule has 0 radical (unpaired) electrons. The number of nitrogens with one attached hydrogen (secondary N) is 1. The van der Waals surface area contributed by atoms with Crippen LogP contribution in [-0.4, -0.2) is 34.3 Å². The molecular formula is C12H16N2O4S. The third kappa shape index (κ3) is 5.27. The number of benzene rings is 1. The van der Waals surface area contributed by atoms with E-state index >= 15 is 0 Å². The molecule has 0 aliphatic heterocycles. The van der Waals surface area contributed by atoms with Gasteiger partial charge in [-0.05, 0) is 25.1 Å². The maximum atomic E-state index is 10.9. The Morgan fingerprint density at radius 1 is 1.47 bits per heavy atom. The second-order valence-electron chi connectivity index (χ2n) is 3.84. The smallest absolute Gasteiger partial charge is 0.320 e. The number of thioether (sulfide) groups is 1. The van der Waals surface area contributed by atoms with Gasteiger partial charge in [-0.1, -0.05) is 6.92 Å². The fourth-order valence-electron chi connectivity index (χ4n) is 1.52. The maximum Gasteiger partial charge on any atom is 0.320 e. The molecule has 6 nitrogen and oxygen atoms in total. The number of hydrogen-bond acceptors (Lipinski definition) is 5. The van der Waals surface area contributed by atoms with E-state index in [0.717, 1.165) is 4.90 Å². The molecule has 2 N–H and O–H groups in total. The summed E-state index contributed by atoms with van der Waals surface area (Å²) in [4.78, 5) is 21.8. The molecule has 1 rings (SSSR count). The minimum Gasteiger partial charge on any atom is -0.480 e. The molecule has 0 spiro atoms. The quantitative estimate of drug-likeness (QED) is 0.431. The zero-order chi connectivity index (χ0) is 14.3. The number of carboxylic acids is 1. The van der Waals surface area contributed by atoms with E-state index in [2.05, 4.69) is 5.32 Å². The van der Waals surface area contributed by atoms with Gasteiger partial charge in [0.05, 0.1) is 4.92 Å². The topological polar surface area (TPSA) is 92.5 Å². The lowest BCUT2D eigenvalue weighted by Crippen LogP contribution is -2.36. The fraction of sp³-hybridized carbons (Fsp3) is 0.417. The van der Waals surface area contributed by atoms with Crippen molar-refractivity contribution in [3.63, 3.8) is 0 Å². The minimum absolute atomic E-state index is 0.0559. The molecule has 0 aliphatic rings. The third-order valence-corrected chi connectivity index (χ3v) is 3.52. The summed E-state index contributed by atoms with van der Waals surface area (Å²) in [6.07, 6.45) is 0.505. The van der Waals surface area contributed by atoms with Gasteiger partial charge in [0.1, 0.15) is 6.04 Å². The van der Waals surface area contributed by atoms with Gasteiger partial charge in [-0.15, -0.1) is 11.8 Å². The molecule has 0 saturated carbocycles. The van der Waals surface area contributed by atoms with Crippen LogP contribution in [-0.2, 0) is 4.79 Å². The first-order valence-electron chi connectivity index (χ1n) is 5.88. The molecule has 1 unspecified atom stereocenters. The Hall–Kier alpha value is -1.60. The lowest BCUT2D eigenvalue weighted by molar-refractivity contribution is -0.384. The molecule has 7 heteroatoms. The summed E-state index contributed by atoms with van der Waals surface area (Å²) in [7, 11) is 0. The summed E-state index contributed by atoms with van der Waals surface area (Å²) < 4.78 is 0. The standard InChI is InChI=1S/C12H16N2O4S/c1-2-13-11(12(15)16)7-8-19-10-5-3-9(4-6-10)14(17)18/h3-6,11,13H,2,7-8H2,1H3,(H,15,16). The number of nitrogens with zero attached hydrogens (tertiary/aromatic N) is 1. The highest BCUT2D eigenvalue weighted by atomic mass is 32.2. The number of aliphatic carboxylic acids is 1. The van der Waals surface area contributed by atoms with Gasteiger partial charge < -0.3 is 10.4 Å². The van der Waals surface area contributed by atoms with Crippen molar-refractivity contribution < 1.29 is 14.8 Å². The highest BCUT2D eigenvalue weighted by Gasteiger charge is 2.15. The zero-order valence-electron chi connectivity index (χ0n) is 10.5. The van der Waals surface area contributed by atoms with E-state index in [1.54, 1.807) is 12.1 Å². The second-order valence-corrected chi connectivity index (χ2v) is 5.00. The molecular weight excluding hydrogens is 268 g/mol. The van der Waals surface area contributed by atoms with Gasteiger partial charge in [0.2, 0.25) is 0 Å². The molecule has 0 aliphatic carbocycles. The van der Waals surface area contributed by atoms with E-state index < -0.39 is 16.9 Å². The van der Waals surface area contributed by atoms with Gasteiger partial charge in [-0.3, -0.25) is 14.9 Å². The Balaban J connectivity index is 2.43. The van der Waals surface area contributed by atoms with Crippen LogP contribution in [0.4, 0.5) is 5.69 Å². The van der Waals surface area contributed by atoms with Crippen molar-refractivity contribution in [2.45, 2.75) is 24.3 Å². The minimum atomic E-state index is -0.855. The lowest BCUT2D eigenvalue weighted by atomic mass is 10.2. The fourth-order valence-corrected chi connectivity index (χ4v) is 2.44. The Labute approximate surface area is 115 Å². The van der Waals surface area contributed by atoms with E-state index in [-0.39, 0.29) is 5.69 Å². The van der Waals surface area contributed by atoms with Crippen molar-refractivity contribution in [3.8, 4) is 0 Å². The van der Waals surface area contributed by atoms with Crippen molar-refractivity contribution in [1.82, 2.24) is 5.32 Å². The normalized spacial score (nSPS) is 12.1. The maximum absolute atomic E-state index is 10.9. The molecule has 0 saturated heterocycles. The number of nitro groups is 1. The van der Waals surface area contributed by atoms with Crippen molar-refractivity contribution in [2.75, 3.05) is 12.3 Å². The van der Waals surface area contributed by atoms with Crippen LogP contribution in [0.2, 0.25) is 0 Å². The van der Waals surface area contributed by atoms with E-state index in [4.69, 9.17) is 5.11 Å². The lowest BCUT2D eigenvalue weighted by Gasteiger charge is -2.12. The molecule has 1 aromatic rings. The van der Waals surface area contributed by atoms with Gasteiger partial charge in [0, 0.05) is 22.8 Å². The monoisotopic (exact) mass is 284 g/mol. The van der Waals surface area contributed by atoms with Crippen LogP contribution < -0.4 is 5.32 Å². The predicted molar refractivity (Wildman–Crippen MR) is 73.5 cm³/mol. The largest absolute Gasteiger partial charge is 0.480 e. The van der Waals surface area contributed by atoms with E-state index in [9.17, 15) is 14.9 Å². The molecule has 0 heterocycles. The van der Waals surface area contributed by atoms with Crippen LogP contribution in [0.3, 0.4) is 0 Å². The van der Waals surface area contributed by atoms with Crippen LogP contribution in [0.5, 0.6) is 0 Å². The molecule has 104 valence electrons. The summed E-state index contributed by atoms with van der Waals surface area (Å²) in [5, 5.41) is 22.3. The number of nitro benzene ring substituents is 1. The zero-order valence-corrected chi connectivity index (χ0v) is 11.4. The summed E-state index contributed by atoms with van der Waals surface area (Å²) in [5.41, 5.74) is 0.0559. The molecule has 1 atom stereocenters. The van der Waals surface area contributed by atoms with Gasteiger partial charge in [0.15, 0.2) is 0 Å². The number of carboxylic acid groups (broad SMARTS) is 1. The average Bonchev–Trinajstić information content (AvgIpc) is 2.38. The SMILES string of the molecule is CCNC(CCSc1ccc([N+](=O)[O-])cc1)C(=O)O. The number of carbonyl (C=O) groups is 1. The van der Waals surface area contributed by atoms with Crippen LogP contribution in [0, 0.1) is 10.1 Å². The number of rotatable bonds is 8. The highest BCUT2D eigenvalue weighted by molar-refractivity contribution is 7.99. The van der Waals surface area contributed by atoms with Crippen molar-refractivity contribution in [2.24, 2.45) is 0 Å². The first kappa shape index (κ1) is 15.5. The van der Waals surface area contributed by atoms with E-state index in [0.29, 0.717) is 18.7 Å². The number of non-ortho nitro benzene ring substituents is 1. The summed E-state index contributed by atoms with van der Waals surface area (Å²) in [5.74, 6) is -0.215. The Bertz CT molecular complexity index is 436. The Morgan fingerprint density at radius 3 is 2.58 bits per heavy atom. The van der Waals surface area contributed by atoms with Gasteiger partial charge in [-0.25, -0.2) is 0 Å². The summed E-state index contributed by atoms with van der Waals surface area (Å²) in [6.45, 7) is 2.47. The van der Waals surface area contributed by atoms with Crippen LogP contribution >= 0.6 is 11.8 Å². The number of hydrogen-bond donors (Lipinski definition) is 2. The van der Waals surface area contributed by atoms with Gasteiger partial charge >= 0.3 is 5.97 Å². The highest BCUT2D eigenvalue weighted by Crippen LogP contribution is 2.22. The molecule has 0 fully saturated rings. The molecule has 19 heavy (non-hydrogen) atoms. The Morgan fingerprint density at radius 2 is 2.11 bits per heavy atom. The van der Waals surface area contributed by atoms with Crippen molar-refractivity contribution >= 4 is 23.4 Å². The molecule has 0 amide bonds. The molecule has 1 aromatic carbocycles. The van der Waals surface area contributed by atoms with Gasteiger partial charge in [0.25, 0.3) is 5.69 Å². The molecule has 0 aromatic heterocycles. The first-order valence-corrected chi connectivity index (χ1v) is 6.86. The van der Waals surface area contributed by atoms with Crippen LogP contribution in [0.1, 0.15) is 13.3 Å². The van der Waals surface area contributed by atoms with Crippen LogP contribution in [0.25, 0.3) is 0 Å². The first-order chi connectivity index (χ1) is 9.04. The average molecular weight is 284 g/mol. The predicted octanol–water partition coefficient (Wildman–Crippen LogP) is 2.14. The summed E-state index contributed by atoms with van der Waals surface area (Å²) >= 11 is 1.49. The van der Waals surface area contributed by atoms with Crippen LogP contribution in [0.15, 0.2) is 29.2 Å². The second kappa shape index (κ2) is 7.75. The number of likely N-dealkylation sites (N-methyl/N-ethyl adjacent to an activating group) is 1. The van der Waals surface area contributed by atoms with Crippen molar-refractivity contribution in [3.05, 3.63) is 34.4 Å². The van der Waals surface area contributed by atoms with Gasteiger partial charge in [-0.2, -0.15) is 0 Å². The molecule has 0 bridgehead atoms.